The molecule has 0 aliphatic rings. The van der Waals surface area contributed by atoms with E-state index < -0.39 is 0 Å². The zero-order chi connectivity index (χ0) is 9.52. The maximum absolute atomic E-state index is 8.27. The first-order chi connectivity index (χ1) is 6.36. The molecule has 4 nitrogen and oxygen atoms in total. The van der Waals surface area contributed by atoms with Crippen LogP contribution in [0, 0.1) is 11.3 Å². The lowest BCUT2D eigenvalue weighted by atomic mass is 10.3. The second-order valence-electron chi connectivity index (χ2n) is 2.27. The van der Waals surface area contributed by atoms with Crippen LogP contribution in [0.3, 0.4) is 0 Å². The van der Waals surface area contributed by atoms with Gasteiger partial charge in [-0.25, -0.2) is 9.97 Å². The highest BCUT2D eigenvalue weighted by Gasteiger charge is 1.92. The maximum Gasteiger partial charge on any atom is 0.316 e. The number of hydrogen-bond donors (Lipinski definition) is 0. The molecule has 13 heavy (non-hydrogen) atoms. The first kappa shape index (κ1) is 9.20. The molecule has 0 atom stereocenters. The maximum atomic E-state index is 8.27. The number of ether oxygens (including phenoxy) is 1. The highest BCUT2D eigenvalue weighted by molar-refractivity contribution is 5.46. The number of nitrogens with zero attached hydrogens (tertiary/aromatic N) is 3. The van der Waals surface area contributed by atoms with Crippen molar-refractivity contribution in [2.45, 2.75) is 6.42 Å². The van der Waals surface area contributed by atoms with Gasteiger partial charge in [-0.05, 0) is 0 Å². The lowest BCUT2D eigenvalue weighted by molar-refractivity contribution is 0.379. The van der Waals surface area contributed by atoms with Crippen molar-refractivity contribution in [1.82, 2.24) is 9.97 Å². The van der Waals surface area contributed by atoms with Gasteiger partial charge in [0.25, 0.3) is 0 Å². The first-order valence-electron chi connectivity index (χ1n) is 3.76. The number of allylic oxidation sites excluding steroid dienone is 1. The van der Waals surface area contributed by atoms with Crippen molar-refractivity contribution in [3.8, 4) is 12.1 Å². The molecule has 0 amide bonds. The van der Waals surface area contributed by atoms with Crippen molar-refractivity contribution in [2.75, 3.05) is 7.11 Å². The summed E-state index contributed by atoms with van der Waals surface area (Å²) in [5.74, 6) is 0. The Morgan fingerprint density at radius 1 is 1.54 bits per heavy atom. The van der Waals surface area contributed by atoms with Crippen molar-refractivity contribution in [1.29, 1.82) is 5.26 Å². The van der Waals surface area contributed by atoms with Crippen LogP contribution in [-0.4, -0.2) is 17.1 Å². The van der Waals surface area contributed by atoms with Crippen molar-refractivity contribution in [3.63, 3.8) is 0 Å². The summed E-state index contributed by atoms with van der Waals surface area (Å²) >= 11 is 0. The molecule has 4 heteroatoms. The molecule has 66 valence electrons. The molecule has 0 aromatic carbocycles. The molecule has 0 N–H and O–H groups in total. The summed E-state index contributed by atoms with van der Waals surface area (Å²) in [4.78, 5) is 7.82. The predicted octanol–water partition coefficient (Wildman–Crippen LogP) is 1.41. The standard InChI is InChI=1S/C9H9N3O/c1-13-9-11-6-8(7-12-9)4-2-3-5-10/h2,4,6-7H,3H2,1H3. The molecule has 1 aromatic rings. The predicted molar refractivity (Wildman–Crippen MR) is 47.8 cm³/mol. The summed E-state index contributed by atoms with van der Waals surface area (Å²) in [6, 6.07) is 2.35. The molecule has 0 spiro atoms. The van der Waals surface area contributed by atoms with Gasteiger partial charge in [-0.1, -0.05) is 12.2 Å². The number of rotatable bonds is 3. The summed E-state index contributed by atoms with van der Waals surface area (Å²) < 4.78 is 4.80. The highest BCUT2D eigenvalue weighted by Crippen LogP contribution is 2.03. The molecule has 0 radical (unpaired) electrons. The number of hydrogen-bond acceptors (Lipinski definition) is 4. The summed E-state index contributed by atoms with van der Waals surface area (Å²) in [7, 11) is 1.51. The Labute approximate surface area is 76.5 Å². The minimum Gasteiger partial charge on any atom is -0.467 e. The fourth-order valence-electron chi connectivity index (χ4n) is 0.765. The quantitative estimate of drug-likeness (QED) is 0.696. The minimum absolute atomic E-state index is 0.345. The molecule has 0 fully saturated rings. The average Bonchev–Trinajstić information content (AvgIpc) is 2.19. The molecule has 0 bridgehead atoms. The fourth-order valence-corrected chi connectivity index (χ4v) is 0.765. The van der Waals surface area contributed by atoms with E-state index in [9.17, 15) is 0 Å². The molecular formula is C9H9N3O. The molecular weight excluding hydrogens is 166 g/mol. The van der Waals surface area contributed by atoms with Crippen LogP contribution in [0.2, 0.25) is 0 Å². The Morgan fingerprint density at radius 2 is 2.23 bits per heavy atom. The topological polar surface area (TPSA) is 58.8 Å². The van der Waals surface area contributed by atoms with Crippen LogP contribution in [0.5, 0.6) is 6.01 Å². The van der Waals surface area contributed by atoms with E-state index in [-0.39, 0.29) is 0 Å². The monoisotopic (exact) mass is 175 g/mol. The number of nitriles is 1. The van der Waals surface area contributed by atoms with Gasteiger partial charge < -0.3 is 4.74 Å². The van der Waals surface area contributed by atoms with E-state index >= 15 is 0 Å². The smallest absolute Gasteiger partial charge is 0.316 e. The van der Waals surface area contributed by atoms with E-state index in [2.05, 4.69) is 9.97 Å². The Bertz CT molecular complexity index is 324. The average molecular weight is 175 g/mol. The normalized spacial score (nSPS) is 9.85. The molecule has 0 saturated heterocycles. The van der Waals surface area contributed by atoms with Gasteiger partial charge >= 0.3 is 6.01 Å². The summed E-state index contributed by atoms with van der Waals surface area (Å²) in [6.07, 6.45) is 7.22. The first-order valence-corrected chi connectivity index (χ1v) is 3.76. The van der Waals surface area contributed by atoms with Crippen molar-refractivity contribution in [2.24, 2.45) is 0 Å². The Morgan fingerprint density at radius 3 is 2.77 bits per heavy atom. The number of aromatic nitrogens is 2. The van der Waals surface area contributed by atoms with Gasteiger partial charge in [0, 0.05) is 18.0 Å². The SMILES string of the molecule is COc1ncc(C=CCC#N)cn1. The van der Waals surface area contributed by atoms with Crippen LogP contribution >= 0.6 is 0 Å². The van der Waals surface area contributed by atoms with Crippen molar-refractivity contribution < 1.29 is 4.74 Å². The zero-order valence-electron chi connectivity index (χ0n) is 7.27. The summed E-state index contributed by atoms with van der Waals surface area (Å²) in [5.41, 5.74) is 0.857. The van der Waals surface area contributed by atoms with Crippen LogP contribution in [0.15, 0.2) is 18.5 Å². The summed E-state index contributed by atoms with van der Waals surface area (Å²) in [6.45, 7) is 0. The molecule has 0 saturated carbocycles. The second-order valence-corrected chi connectivity index (χ2v) is 2.27. The van der Waals surface area contributed by atoms with E-state index in [1.165, 1.54) is 7.11 Å². The Balaban J connectivity index is 2.65. The van der Waals surface area contributed by atoms with Gasteiger partial charge in [0.05, 0.1) is 19.6 Å². The van der Waals surface area contributed by atoms with E-state index in [1.807, 2.05) is 6.07 Å². The van der Waals surface area contributed by atoms with E-state index in [1.54, 1.807) is 24.5 Å². The van der Waals surface area contributed by atoms with Gasteiger partial charge in [0.1, 0.15) is 0 Å². The molecule has 0 aliphatic carbocycles. The third kappa shape index (κ3) is 2.91. The third-order valence-electron chi connectivity index (χ3n) is 1.35. The fraction of sp³-hybridized carbons (Fsp3) is 0.222. The molecule has 1 aromatic heterocycles. The van der Waals surface area contributed by atoms with E-state index in [0.717, 1.165) is 5.56 Å². The van der Waals surface area contributed by atoms with Crippen LogP contribution in [0.1, 0.15) is 12.0 Å². The van der Waals surface area contributed by atoms with Gasteiger partial charge in [0.2, 0.25) is 0 Å². The third-order valence-corrected chi connectivity index (χ3v) is 1.35. The van der Waals surface area contributed by atoms with Crippen LogP contribution in [-0.2, 0) is 0 Å². The van der Waals surface area contributed by atoms with Gasteiger partial charge in [-0.2, -0.15) is 5.26 Å². The number of methoxy groups -OCH3 is 1. The van der Waals surface area contributed by atoms with Crippen molar-refractivity contribution in [3.05, 3.63) is 24.0 Å². The Kier molecular flexibility index (Phi) is 3.45. The lowest BCUT2D eigenvalue weighted by Crippen LogP contribution is -1.90. The van der Waals surface area contributed by atoms with E-state index in [4.69, 9.17) is 10.00 Å². The molecule has 0 unspecified atom stereocenters. The van der Waals surface area contributed by atoms with Gasteiger partial charge in [0.15, 0.2) is 0 Å². The highest BCUT2D eigenvalue weighted by atomic mass is 16.5. The van der Waals surface area contributed by atoms with Crippen LogP contribution in [0.25, 0.3) is 6.08 Å². The zero-order valence-corrected chi connectivity index (χ0v) is 7.27. The molecule has 1 heterocycles. The van der Waals surface area contributed by atoms with Crippen LogP contribution in [0.4, 0.5) is 0 Å². The van der Waals surface area contributed by atoms with Crippen molar-refractivity contribution >= 4 is 6.08 Å². The van der Waals surface area contributed by atoms with Gasteiger partial charge in [-0.15, -0.1) is 0 Å². The van der Waals surface area contributed by atoms with Gasteiger partial charge in [-0.3, -0.25) is 0 Å². The summed E-state index contributed by atoms with van der Waals surface area (Å²) in [5, 5.41) is 8.27. The largest absolute Gasteiger partial charge is 0.467 e. The Hall–Kier alpha value is -1.89. The molecule has 0 aliphatic heterocycles. The second kappa shape index (κ2) is 4.88. The molecule has 1 rings (SSSR count). The minimum atomic E-state index is 0.345. The van der Waals surface area contributed by atoms with E-state index in [0.29, 0.717) is 12.4 Å². The lowest BCUT2D eigenvalue weighted by Gasteiger charge is -1.95. The van der Waals surface area contributed by atoms with Crippen LogP contribution < -0.4 is 4.74 Å².